The van der Waals surface area contributed by atoms with Crippen molar-refractivity contribution in [2.24, 2.45) is 0 Å². The van der Waals surface area contributed by atoms with Crippen molar-refractivity contribution in [2.45, 2.75) is 0 Å². The second kappa shape index (κ2) is 5.30. The minimum absolute atomic E-state index is 0.0732. The van der Waals surface area contributed by atoms with Gasteiger partial charge in [-0.2, -0.15) is 0 Å². The lowest BCUT2D eigenvalue weighted by atomic mass is 10.1. The van der Waals surface area contributed by atoms with Crippen LogP contribution in [-0.2, 0) is 0 Å². The number of phenols is 1. The molecule has 0 atom stereocenters. The van der Waals surface area contributed by atoms with Crippen molar-refractivity contribution in [2.75, 3.05) is 13.1 Å². The standard InChI is InChI=1S/C12H13N3O4/c16-9-3-1-2-7-8(6-15-10(7)9)11(17)13-4-5-14-12(18)19/h1-3,6,14-16H,4-5H2,(H,13,17)(H,18,19). The quantitative estimate of drug-likeness (QED) is 0.526. The summed E-state index contributed by atoms with van der Waals surface area (Å²) in [5.74, 6) is -0.256. The number of para-hydroxylation sites is 1. The van der Waals surface area contributed by atoms with Crippen molar-refractivity contribution >= 4 is 22.9 Å². The third kappa shape index (κ3) is 2.76. The zero-order valence-corrected chi connectivity index (χ0v) is 9.93. The van der Waals surface area contributed by atoms with Gasteiger partial charge >= 0.3 is 6.09 Å². The number of carbonyl (C=O) groups is 2. The Hall–Kier alpha value is -2.70. The Morgan fingerprint density at radius 1 is 1.21 bits per heavy atom. The summed E-state index contributed by atoms with van der Waals surface area (Å²) in [6.07, 6.45) is 0.371. The van der Waals surface area contributed by atoms with E-state index >= 15 is 0 Å². The van der Waals surface area contributed by atoms with E-state index in [0.717, 1.165) is 0 Å². The highest BCUT2D eigenvalue weighted by atomic mass is 16.4. The first kappa shape index (κ1) is 12.7. The summed E-state index contributed by atoms with van der Waals surface area (Å²) in [4.78, 5) is 24.9. The molecular weight excluding hydrogens is 250 g/mol. The molecule has 2 aromatic rings. The molecule has 7 nitrogen and oxygen atoms in total. The van der Waals surface area contributed by atoms with Crippen molar-refractivity contribution in [1.82, 2.24) is 15.6 Å². The van der Waals surface area contributed by atoms with Gasteiger partial charge in [-0.3, -0.25) is 4.79 Å². The molecule has 1 aromatic heterocycles. The molecule has 2 amide bonds. The number of amides is 2. The van der Waals surface area contributed by atoms with Gasteiger partial charge < -0.3 is 25.8 Å². The van der Waals surface area contributed by atoms with Gasteiger partial charge in [-0.15, -0.1) is 0 Å². The van der Waals surface area contributed by atoms with Gasteiger partial charge in [0.05, 0.1) is 11.1 Å². The van der Waals surface area contributed by atoms with Crippen molar-refractivity contribution in [3.63, 3.8) is 0 Å². The Bertz CT molecular complexity index is 620. The predicted molar refractivity (Wildman–Crippen MR) is 68.3 cm³/mol. The summed E-state index contributed by atoms with van der Waals surface area (Å²) in [6.45, 7) is 0.325. The van der Waals surface area contributed by atoms with Crippen LogP contribution < -0.4 is 10.6 Å². The molecule has 0 saturated carbocycles. The molecule has 0 fully saturated rings. The molecule has 0 aliphatic rings. The molecule has 0 saturated heterocycles. The molecule has 0 aliphatic heterocycles. The van der Waals surface area contributed by atoms with Gasteiger partial charge in [0.25, 0.3) is 5.91 Å². The Kier molecular flexibility index (Phi) is 3.56. The third-order valence-electron chi connectivity index (χ3n) is 2.62. The highest BCUT2D eigenvalue weighted by Crippen LogP contribution is 2.25. The fraction of sp³-hybridized carbons (Fsp3) is 0.167. The van der Waals surface area contributed by atoms with Crippen LogP contribution in [0, 0.1) is 0 Å². The van der Waals surface area contributed by atoms with Crippen molar-refractivity contribution < 1.29 is 19.8 Å². The van der Waals surface area contributed by atoms with Crippen molar-refractivity contribution in [3.8, 4) is 5.75 Å². The monoisotopic (exact) mass is 263 g/mol. The Morgan fingerprint density at radius 2 is 1.95 bits per heavy atom. The molecule has 100 valence electrons. The molecule has 1 aromatic carbocycles. The summed E-state index contributed by atoms with van der Waals surface area (Å²) in [7, 11) is 0. The lowest BCUT2D eigenvalue weighted by molar-refractivity contribution is 0.0955. The van der Waals surface area contributed by atoms with E-state index in [9.17, 15) is 14.7 Å². The zero-order chi connectivity index (χ0) is 13.8. The van der Waals surface area contributed by atoms with Crippen LogP contribution in [0.2, 0.25) is 0 Å². The fourth-order valence-electron chi connectivity index (χ4n) is 1.77. The first-order chi connectivity index (χ1) is 9.09. The average molecular weight is 263 g/mol. The van der Waals surface area contributed by atoms with Crippen LogP contribution in [0.1, 0.15) is 10.4 Å². The highest BCUT2D eigenvalue weighted by Gasteiger charge is 2.13. The summed E-state index contributed by atoms with van der Waals surface area (Å²) in [5, 5.41) is 23.3. The molecule has 0 bridgehead atoms. The topological polar surface area (TPSA) is 114 Å². The second-order valence-electron chi connectivity index (χ2n) is 3.89. The number of phenolic OH excluding ortho intramolecular Hbond substituents is 1. The maximum atomic E-state index is 11.9. The van der Waals surface area contributed by atoms with Gasteiger partial charge in [0.15, 0.2) is 0 Å². The van der Waals surface area contributed by atoms with Gasteiger partial charge in [-0.1, -0.05) is 12.1 Å². The van der Waals surface area contributed by atoms with Crippen LogP contribution in [0.15, 0.2) is 24.4 Å². The van der Waals surface area contributed by atoms with Crippen molar-refractivity contribution in [3.05, 3.63) is 30.0 Å². The molecule has 1 heterocycles. The molecule has 0 aliphatic carbocycles. The number of H-pyrrole nitrogens is 1. The number of carboxylic acid groups (broad SMARTS) is 1. The van der Waals surface area contributed by atoms with Crippen LogP contribution >= 0.6 is 0 Å². The maximum Gasteiger partial charge on any atom is 0.404 e. The van der Waals surface area contributed by atoms with Crippen LogP contribution in [0.4, 0.5) is 4.79 Å². The SMILES string of the molecule is O=C(O)NCCNC(=O)c1c[nH]c2c(O)cccc12. The number of fused-ring (bicyclic) bond motifs is 1. The largest absolute Gasteiger partial charge is 0.506 e. The second-order valence-corrected chi connectivity index (χ2v) is 3.89. The average Bonchev–Trinajstić information content (AvgIpc) is 2.79. The minimum atomic E-state index is -1.13. The predicted octanol–water partition coefficient (Wildman–Crippen LogP) is 0.871. The summed E-state index contributed by atoms with van der Waals surface area (Å²) in [6, 6.07) is 4.89. The summed E-state index contributed by atoms with van der Waals surface area (Å²) < 4.78 is 0. The first-order valence-electron chi connectivity index (χ1n) is 5.63. The van der Waals surface area contributed by atoms with Gasteiger partial charge in [-0.05, 0) is 6.07 Å². The number of hydrogen-bond acceptors (Lipinski definition) is 3. The first-order valence-corrected chi connectivity index (χ1v) is 5.63. The number of carbonyl (C=O) groups excluding carboxylic acids is 1. The molecule has 7 heteroatoms. The fourth-order valence-corrected chi connectivity index (χ4v) is 1.77. The minimum Gasteiger partial charge on any atom is -0.506 e. The van der Waals surface area contributed by atoms with Crippen LogP contribution in [0.5, 0.6) is 5.75 Å². The number of rotatable bonds is 4. The maximum absolute atomic E-state index is 11.9. The molecule has 5 N–H and O–H groups in total. The number of aromatic nitrogens is 1. The number of aromatic amines is 1. The molecule has 0 spiro atoms. The van der Waals surface area contributed by atoms with E-state index in [4.69, 9.17) is 5.11 Å². The van der Waals surface area contributed by atoms with E-state index in [1.165, 1.54) is 12.3 Å². The molecule has 2 rings (SSSR count). The van der Waals surface area contributed by atoms with Crippen LogP contribution in [-0.4, -0.2) is 40.3 Å². The van der Waals surface area contributed by atoms with Gasteiger partial charge in [0.1, 0.15) is 5.75 Å². The van der Waals surface area contributed by atoms with E-state index in [-0.39, 0.29) is 24.7 Å². The smallest absolute Gasteiger partial charge is 0.404 e. The number of aromatic hydroxyl groups is 1. The summed E-state index contributed by atoms with van der Waals surface area (Å²) >= 11 is 0. The highest BCUT2D eigenvalue weighted by molar-refractivity contribution is 6.07. The molecule has 0 radical (unpaired) electrons. The van der Waals surface area contributed by atoms with Gasteiger partial charge in [0.2, 0.25) is 0 Å². The van der Waals surface area contributed by atoms with Crippen LogP contribution in [0.3, 0.4) is 0 Å². The number of benzene rings is 1. The zero-order valence-electron chi connectivity index (χ0n) is 9.93. The Balaban J connectivity index is 2.06. The lowest BCUT2D eigenvalue weighted by Crippen LogP contribution is -2.33. The molecular formula is C12H13N3O4. The van der Waals surface area contributed by atoms with Crippen LogP contribution in [0.25, 0.3) is 10.9 Å². The van der Waals surface area contributed by atoms with E-state index in [0.29, 0.717) is 16.5 Å². The van der Waals surface area contributed by atoms with E-state index < -0.39 is 6.09 Å². The van der Waals surface area contributed by atoms with Gasteiger partial charge in [-0.25, -0.2) is 4.79 Å². The Morgan fingerprint density at radius 3 is 2.68 bits per heavy atom. The summed E-state index contributed by atoms with van der Waals surface area (Å²) in [5.41, 5.74) is 0.900. The lowest BCUT2D eigenvalue weighted by Gasteiger charge is -2.04. The third-order valence-corrected chi connectivity index (χ3v) is 2.62. The number of nitrogens with one attached hydrogen (secondary N) is 3. The van der Waals surface area contributed by atoms with E-state index in [2.05, 4.69) is 15.6 Å². The molecule has 19 heavy (non-hydrogen) atoms. The normalized spacial score (nSPS) is 10.3. The number of hydrogen-bond donors (Lipinski definition) is 5. The van der Waals surface area contributed by atoms with Gasteiger partial charge in [0, 0.05) is 24.7 Å². The van der Waals surface area contributed by atoms with E-state index in [1.54, 1.807) is 12.1 Å². The van der Waals surface area contributed by atoms with Crippen molar-refractivity contribution in [1.29, 1.82) is 0 Å². The molecule has 0 unspecified atom stereocenters. The Labute approximate surface area is 108 Å². The van der Waals surface area contributed by atoms with E-state index in [1.807, 2.05) is 0 Å².